The topological polar surface area (TPSA) is 54.4 Å². The van der Waals surface area contributed by atoms with Crippen LogP contribution in [0, 0.1) is 0 Å². The molecule has 1 fully saturated rings. The Kier molecular flexibility index (Phi) is 2.78. The lowest BCUT2D eigenvalue weighted by molar-refractivity contribution is -0.123. The van der Waals surface area contributed by atoms with E-state index < -0.39 is 5.54 Å². The van der Waals surface area contributed by atoms with Crippen LogP contribution in [-0.4, -0.2) is 27.7 Å². The lowest BCUT2D eigenvalue weighted by Crippen LogP contribution is -2.36. The molecule has 19 heavy (non-hydrogen) atoms. The van der Waals surface area contributed by atoms with E-state index in [0.29, 0.717) is 0 Å². The smallest absolute Gasteiger partial charge is 0.248 e. The van der Waals surface area contributed by atoms with E-state index in [1.54, 1.807) is 6.20 Å². The van der Waals surface area contributed by atoms with E-state index in [0.717, 1.165) is 35.1 Å². The third-order valence-electron chi connectivity index (χ3n) is 3.75. The monoisotopic (exact) mass is 321 g/mol. The number of nitrogens with zero attached hydrogens (tertiary/aromatic N) is 2. The summed E-state index contributed by atoms with van der Waals surface area (Å²) >= 11 is 3.44. The van der Waals surface area contributed by atoms with Gasteiger partial charge >= 0.3 is 0 Å². The molecule has 1 amide bonds. The van der Waals surface area contributed by atoms with Gasteiger partial charge in [0.25, 0.3) is 0 Å². The van der Waals surface area contributed by atoms with Crippen molar-refractivity contribution in [2.75, 3.05) is 0 Å². The van der Waals surface area contributed by atoms with Gasteiger partial charge in [-0.25, -0.2) is 0 Å². The number of aliphatic imine (C=N–C) groups is 1. The van der Waals surface area contributed by atoms with Gasteiger partial charge in [0.1, 0.15) is 5.54 Å². The minimum Gasteiger partial charge on any atom is -0.349 e. The van der Waals surface area contributed by atoms with Crippen molar-refractivity contribution in [3.8, 4) is 0 Å². The van der Waals surface area contributed by atoms with E-state index in [2.05, 4.69) is 26.2 Å². The van der Waals surface area contributed by atoms with Gasteiger partial charge in [-0.1, -0.05) is 15.9 Å². The Balaban J connectivity index is 1.96. The normalized spacial score (nSPS) is 28.6. The van der Waals surface area contributed by atoms with Crippen molar-refractivity contribution in [2.24, 2.45) is 4.99 Å². The largest absolute Gasteiger partial charge is 0.349 e. The number of carbonyl (C=O) groups is 1. The molecule has 1 aromatic heterocycles. The number of hydrogen-bond acceptors (Lipinski definition) is 3. The van der Waals surface area contributed by atoms with Gasteiger partial charge < -0.3 is 5.32 Å². The molecule has 1 N–H and O–H groups in total. The van der Waals surface area contributed by atoms with Gasteiger partial charge in [-0.15, -0.1) is 0 Å². The highest BCUT2D eigenvalue weighted by molar-refractivity contribution is 9.10. The molecule has 1 atom stereocenters. The Morgan fingerprint density at radius 3 is 2.84 bits per heavy atom. The molecular formula is C14H16BrN3O. The number of halogens is 1. The Bertz CT molecular complexity index is 582. The van der Waals surface area contributed by atoms with Gasteiger partial charge in [0.05, 0.1) is 11.4 Å². The van der Waals surface area contributed by atoms with Crippen molar-refractivity contribution in [3.05, 3.63) is 28.5 Å². The SMILES string of the molecule is CC1(C)C[C@@]2(CCC(c3cc(Br)ccn3)=N2)C(=O)N1. The van der Waals surface area contributed by atoms with Crippen LogP contribution < -0.4 is 5.32 Å². The number of carbonyl (C=O) groups excluding carboxylic acids is 1. The molecule has 0 bridgehead atoms. The fourth-order valence-electron chi connectivity index (χ4n) is 3.01. The highest BCUT2D eigenvalue weighted by Crippen LogP contribution is 2.40. The zero-order valence-corrected chi connectivity index (χ0v) is 12.6. The molecule has 4 nitrogen and oxygen atoms in total. The highest BCUT2D eigenvalue weighted by Gasteiger charge is 2.52. The molecule has 1 aromatic rings. The van der Waals surface area contributed by atoms with Crippen LogP contribution in [0.4, 0.5) is 0 Å². The minimum absolute atomic E-state index is 0.0579. The lowest BCUT2D eigenvalue weighted by Gasteiger charge is -2.18. The van der Waals surface area contributed by atoms with Crippen molar-refractivity contribution in [1.29, 1.82) is 0 Å². The summed E-state index contributed by atoms with van der Waals surface area (Å²) in [6.45, 7) is 4.09. The number of pyridine rings is 1. The fourth-order valence-corrected chi connectivity index (χ4v) is 3.35. The molecule has 100 valence electrons. The van der Waals surface area contributed by atoms with Gasteiger partial charge in [-0.3, -0.25) is 14.8 Å². The summed E-state index contributed by atoms with van der Waals surface area (Å²) in [4.78, 5) is 21.3. The average molecular weight is 322 g/mol. The van der Waals surface area contributed by atoms with Crippen molar-refractivity contribution >= 4 is 27.5 Å². The van der Waals surface area contributed by atoms with Gasteiger partial charge in [-0.05, 0) is 38.8 Å². The van der Waals surface area contributed by atoms with Crippen LogP contribution in [0.25, 0.3) is 0 Å². The molecule has 1 spiro atoms. The first kappa shape index (κ1) is 12.8. The van der Waals surface area contributed by atoms with Gasteiger partial charge in [0.15, 0.2) is 0 Å². The maximum Gasteiger partial charge on any atom is 0.248 e. The first-order valence-corrected chi connectivity index (χ1v) is 7.23. The zero-order valence-electron chi connectivity index (χ0n) is 11.0. The summed E-state index contributed by atoms with van der Waals surface area (Å²) in [6, 6.07) is 3.84. The maximum atomic E-state index is 12.2. The second kappa shape index (κ2) is 4.13. The van der Waals surface area contributed by atoms with Gasteiger partial charge in [0.2, 0.25) is 5.91 Å². The number of amides is 1. The Morgan fingerprint density at radius 2 is 2.21 bits per heavy atom. The molecule has 3 heterocycles. The summed E-state index contributed by atoms with van der Waals surface area (Å²) in [6.07, 6.45) is 4.11. The third kappa shape index (κ3) is 2.20. The van der Waals surface area contributed by atoms with E-state index >= 15 is 0 Å². The lowest BCUT2D eigenvalue weighted by atomic mass is 9.88. The molecule has 2 aliphatic heterocycles. The maximum absolute atomic E-state index is 12.2. The summed E-state index contributed by atoms with van der Waals surface area (Å²) < 4.78 is 0.984. The number of rotatable bonds is 1. The number of nitrogens with one attached hydrogen (secondary N) is 1. The van der Waals surface area contributed by atoms with Crippen LogP contribution in [0.1, 0.15) is 38.8 Å². The third-order valence-corrected chi connectivity index (χ3v) is 4.24. The predicted octanol–water partition coefficient (Wildman–Crippen LogP) is 2.46. The number of aromatic nitrogens is 1. The zero-order chi connectivity index (χ0) is 13.7. The molecule has 0 unspecified atom stereocenters. The summed E-state index contributed by atoms with van der Waals surface area (Å²) in [7, 11) is 0. The fraction of sp³-hybridized carbons (Fsp3) is 0.500. The number of hydrogen-bond donors (Lipinski definition) is 1. The molecule has 5 heteroatoms. The first-order valence-electron chi connectivity index (χ1n) is 6.44. The van der Waals surface area contributed by atoms with Gasteiger partial charge in [-0.2, -0.15) is 0 Å². The average Bonchev–Trinajstić information content (AvgIpc) is 2.82. The van der Waals surface area contributed by atoms with Crippen LogP contribution in [0.3, 0.4) is 0 Å². The summed E-state index contributed by atoms with van der Waals surface area (Å²) in [5, 5.41) is 3.03. The van der Waals surface area contributed by atoms with Crippen LogP contribution in [-0.2, 0) is 4.79 Å². The second-order valence-corrected chi connectivity index (χ2v) is 6.88. The molecule has 2 aliphatic rings. The molecule has 3 rings (SSSR count). The Labute approximate surface area is 120 Å². The highest BCUT2D eigenvalue weighted by atomic mass is 79.9. The summed E-state index contributed by atoms with van der Waals surface area (Å²) in [5.74, 6) is 0.0579. The van der Waals surface area contributed by atoms with E-state index in [4.69, 9.17) is 4.99 Å². The van der Waals surface area contributed by atoms with E-state index in [-0.39, 0.29) is 11.4 Å². The summed E-state index contributed by atoms with van der Waals surface area (Å²) in [5.41, 5.74) is 1.07. The van der Waals surface area contributed by atoms with Crippen LogP contribution in [0.5, 0.6) is 0 Å². The quantitative estimate of drug-likeness (QED) is 0.863. The van der Waals surface area contributed by atoms with Crippen LogP contribution >= 0.6 is 15.9 Å². The molecule has 0 aliphatic carbocycles. The van der Waals surface area contributed by atoms with Crippen LogP contribution in [0.15, 0.2) is 27.8 Å². The molecule has 0 aromatic carbocycles. The molecule has 1 saturated heterocycles. The van der Waals surface area contributed by atoms with Gasteiger partial charge in [0, 0.05) is 22.6 Å². The Morgan fingerprint density at radius 1 is 1.42 bits per heavy atom. The van der Waals surface area contributed by atoms with E-state index in [9.17, 15) is 4.79 Å². The molecule has 0 saturated carbocycles. The van der Waals surface area contributed by atoms with E-state index in [1.165, 1.54) is 0 Å². The minimum atomic E-state index is -0.567. The van der Waals surface area contributed by atoms with E-state index in [1.807, 2.05) is 26.0 Å². The first-order chi connectivity index (χ1) is 8.90. The second-order valence-electron chi connectivity index (χ2n) is 5.96. The molecular weight excluding hydrogens is 306 g/mol. The van der Waals surface area contributed by atoms with Crippen molar-refractivity contribution in [3.63, 3.8) is 0 Å². The standard InChI is InChI=1S/C14H16BrN3O/c1-13(2)8-14(12(19)18-13)5-3-10(17-14)11-7-9(15)4-6-16-11/h4,6-7H,3,5,8H2,1-2H3,(H,18,19)/t14-/m0/s1. The van der Waals surface area contributed by atoms with Crippen molar-refractivity contribution in [2.45, 2.75) is 44.2 Å². The van der Waals surface area contributed by atoms with Crippen molar-refractivity contribution < 1.29 is 4.79 Å². The predicted molar refractivity (Wildman–Crippen MR) is 77.3 cm³/mol. The van der Waals surface area contributed by atoms with Crippen molar-refractivity contribution in [1.82, 2.24) is 10.3 Å². The van der Waals surface area contributed by atoms with Crippen LogP contribution in [0.2, 0.25) is 0 Å². The Hall–Kier alpha value is -1.23. The molecule has 0 radical (unpaired) electrons.